The van der Waals surface area contributed by atoms with Crippen LogP contribution in [0.15, 0.2) is 55.1 Å². The van der Waals surface area contributed by atoms with Crippen LogP contribution in [-0.2, 0) is 0 Å². The van der Waals surface area contributed by atoms with Crippen LogP contribution in [0.1, 0.15) is 21.9 Å². The normalized spacial score (nSPS) is 12.1. The summed E-state index contributed by atoms with van der Waals surface area (Å²) in [6, 6.07) is 16.4. The van der Waals surface area contributed by atoms with Crippen LogP contribution in [0.5, 0.6) is 0 Å². The fourth-order valence-corrected chi connectivity index (χ4v) is 3.04. The van der Waals surface area contributed by atoms with Crippen LogP contribution < -0.4 is 0 Å². The van der Waals surface area contributed by atoms with Crippen molar-refractivity contribution in [3.05, 3.63) is 76.8 Å². The number of hydrogen-bond acceptors (Lipinski definition) is 1. The molecule has 0 aromatic heterocycles. The Kier molecular flexibility index (Phi) is 4.51. The van der Waals surface area contributed by atoms with Gasteiger partial charge in [0.1, 0.15) is 0 Å². The average Bonchev–Trinajstić information content (AvgIpc) is 2.42. The molecule has 0 aliphatic rings. The van der Waals surface area contributed by atoms with Crippen LogP contribution in [-0.4, -0.2) is 6.26 Å². The Balaban J connectivity index is 2.45. The molecular formula is C16H15ClS. The van der Waals surface area contributed by atoms with E-state index in [9.17, 15) is 0 Å². The van der Waals surface area contributed by atoms with E-state index >= 15 is 0 Å². The second-order valence-corrected chi connectivity index (χ2v) is 5.38. The minimum absolute atomic E-state index is 0.316. The van der Waals surface area contributed by atoms with E-state index < -0.39 is 0 Å². The Morgan fingerprint density at radius 1 is 1.11 bits per heavy atom. The number of halogens is 1. The van der Waals surface area contributed by atoms with Crippen molar-refractivity contribution in [2.75, 3.05) is 6.26 Å². The van der Waals surface area contributed by atoms with E-state index in [1.807, 2.05) is 36.0 Å². The highest BCUT2D eigenvalue weighted by Gasteiger charge is 2.14. The van der Waals surface area contributed by atoms with Gasteiger partial charge in [-0.2, -0.15) is 11.8 Å². The zero-order chi connectivity index (χ0) is 13.0. The second-order valence-electron chi connectivity index (χ2n) is 4.00. The topological polar surface area (TPSA) is 0 Å². The number of benzene rings is 2. The smallest absolute Gasteiger partial charge is 0.0549 e. The lowest BCUT2D eigenvalue weighted by Gasteiger charge is -2.18. The molecule has 1 unspecified atom stereocenters. The van der Waals surface area contributed by atoms with E-state index in [0.717, 1.165) is 5.02 Å². The van der Waals surface area contributed by atoms with Gasteiger partial charge < -0.3 is 0 Å². The summed E-state index contributed by atoms with van der Waals surface area (Å²) in [6.45, 7) is 3.89. The van der Waals surface area contributed by atoms with Crippen molar-refractivity contribution in [3.63, 3.8) is 0 Å². The quantitative estimate of drug-likeness (QED) is 0.716. The monoisotopic (exact) mass is 274 g/mol. The molecule has 0 nitrogen and oxygen atoms in total. The second kappa shape index (κ2) is 6.12. The Labute approximate surface area is 118 Å². The largest absolute Gasteiger partial charge is 0.152 e. The summed E-state index contributed by atoms with van der Waals surface area (Å²) in [5.41, 5.74) is 3.75. The number of thioether (sulfide) groups is 1. The third-order valence-corrected chi connectivity index (χ3v) is 4.16. The molecule has 0 fully saturated rings. The predicted octanol–water partition coefficient (Wildman–Crippen LogP) is 5.44. The van der Waals surface area contributed by atoms with Gasteiger partial charge in [-0.25, -0.2) is 0 Å². The van der Waals surface area contributed by atoms with Crippen molar-refractivity contribution >= 4 is 29.4 Å². The molecule has 2 heteroatoms. The first-order valence-electron chi connectivity index (χ1n) is 5.76. The van der Waals surface area contributed by atoms with Gasteiger partial charge in [0.2, 0.25) is 0 Å². The van der Waals surface area contributed by atoms with Crippen molar-refractivity contribution in [1.82, 2.24) is 0 Å². The number of rotatable bonds is 4. The first-order valence-corrected chi connectivity index (χ1v) is 7.42. The van der Waals surface area contributed by atoms with Gasteiger partial charge in [-0.05, 0) is 35.1 Å². The van der Waals surface area contributed by atoms with Gasteiger partial charge in [0.25, 0.3) is 0 Å². The summed E-state index contributed by atoms with van der Waals surface area (Å²) in [7, 11) is 0. The summed E-state index contributed by atoms with van der Waals surface area (Å²) in [5, 5.41) is 1.09. The molecule has 0 spiro atoms. The van der Waals surface area contributed by atoms with Gasteiger partial charge in [0.15, 0.2) is 0 Å². The lowest BCUT2D eigenvalue weighted by molar-refractivity contribution is 1.15. The summed E-state index contributed by atoms with van der Waals surface area (Å²) in [4.78, 5) is 0. The Morgan fingerprint density at radius 3 is 2.39 bits per heavy atom. The van der Waals surface area contributed by atoms with Gasteiger partial charge >= 0.3 is 0 Å². The van der Waals surface area contributed by atoms with Crippen molar-refractivity contribution in [3.8, 4) is 0 Å². The highest BCUT2D eigenvalue weighted by atomic mass is 35.5. The van der Waals surface area contributed by atoms with Crippen LogP contribution in [0, 0.1) is 0 Å². The molecule has 0 saturated heterocycles. The summed E-state index contributed by atoms with van der Waals surface area (Å²) in [6.07, 6.45) is 4.04. The molecular weight excluding hydrogens is 260 g/mol. The molecule has 0 heterocycles. The minimum atomic E-state index is 0.316. The Bertz CT molecular complexity index is 531. The molecule has 2 rings (SSSR count). The zero-order valence-corrected chi connectivity index (χ0v) is 11.8. The third kappa shape index (κ3) is 2.80. The third-order valence-electron chi connectivity index (χ3n) is 2.91. The van der Waals surface area contributed by atoms with Gasteiger partial charge in [-0.15, -0.1) is 0 Å². The summed E-state index contributed by atoms with van der Waals surface area (Å²) >= 11 is 7.76. The van der Waals surface area contributed by atoms with E-state index in [4.69, 9.17) is 11.6 Å². The van der Waals surface area contributed by atoms with Gasteiger partial charge in [0.05, 0.1) is 5.25 Å². The van der Waals surface area contributed by atoms with Crippen LogP contribution in [0.25, 0.3) is 6.08 Å². The molecule has 92 valence electrons. The van der Waals surface area contributed by atoms with Gasteiger partial charge in [-0.1, -0.05) is 60.7 Å². The first-order chi connectivity index (χ1) is 8.76. The highest BCUT2D eigenvalue weighted by Crippen LogP contribution is 2.36. The molecule has 0 amide bonds. The van der Waals surface area contributed by atoms with E-state index in [-0.39, 0.29) is 0 Å². The summed E-state index contributed by atoms with van der Waals surface area (Å²) < 4.78 is 0. The fourth-order valence-electron chi connectivity index (χ4n) is 2.02. The SMILES string of the molecule is C=Cc1ccccc1C(SC)c1ccc(Cl)cc1. The Hall–Kier alpha value is -1.18. The molecule has 0 bridgehead atoms. The zero-order valence-electron chi connectivity index (χ0n) is 10.3. The molecule has 0 aliphatic heterocycles. The maximum Gasteiger partial charge on any atom is 0.0549 e. The molecule has 2 aromatic carbocycles. The van der Waals surface area contributed by atoms with Crippen LogP contribution in [0.3, 0.4) is 0 Å². The molecule has 0 N–H and O–H groups in total. The van der Waals surface area contributed by atoms with Crippen molar-refractivity contribution in [2.45, 2.75) is 5.25 Å². The van der Waals surface area contributed by atoms with Crippen LogP contribution in [0.4, 0.5) is 0 Å². The highest BCUT2D eigenvalue weighted by molar-refractivity contribution is 7.99. The van der Waals surface area contributed by atoms with E-state index in [2.05, 4.69) is 43.2 Å². The first kappa shape index (κ1) is 13.3. The average molecular weight is 275 g/mol. The van der Waals surface area contributed by atoms with Crippen molar-refractivity contribution in [1.29, 1.82) is 0 Å². The maximum absolute atomic E-state index is 5.94. The standard InChI is InChI=1S/C16H15ClS/c1-3-12-6-4-5-7-15(12)16(18-2)13-8-10-14(17)11-9-13/h3-11,16H,1H2,2H3. The van der Waals surface area contributed by atoms with E-state index in [1.54, 1.807) is 0 Å². The van der Waals surface area contributed by atoms with E-state index in [0.29, 0.717) is 5.25 Å². The van der Waals surface area contributed by atoms with Crippen molar-refractivity contribution < 1.29 is 0 Å². The van der Waals surface area contributed by atoms with Gasteiger partial charge in [0, 0.05) is 5.02 Å². The van der Waals surface area contributed by atoms with Gasteiger partial charge in [-0.3, -0.25) is 0 Å². The lowest BCUT2D eigenvalue weighted by Crippen LogP contribution is -1.98. The predicted molar refractivity (Wildman–Crippen MR) is 83.3 cm³/mol. The van der Waals surface area contributed by atoms with E-state index in [1.165, 1.54) is 16.7 Å². The van der Waals surface area contributed by atoms with Crippen LogP contribution in [0.2, 0.25) is 5.02 Å². The molecule has 2 aromatic rings. The molecule has 0 aliphatic carbocycles. The molecule has 0 saturated carbocycles. The lowest BCUT2D eigenvalue weighted by atomic mass is 9.99. The molecule has 1 atom stereocenters. The summed E-state index contributed by atoms with van der Waals surface area (Å²) in [5.74, 6) is 0. The Morgan fingerprint density at radius 2 is 1.78 bits per heavy atom. The van der Waals surface area contributed by atoms with Crippen molar-refractivity contribution in [2.24, 2.45) is 0 Å². The molecule has 0 radical (unpaired) electrons. The fraction of sp³-hybridized carbons (Fsp3) is 0.125. The minimum Gasteiger partial charge on any atom is -0.152 e. The number of hydrogen-bond donors (Lipinski definition) is 0. The van der Waals surface area contributed by atoms with Crippen LogP contribution >= 0.6 is 23.4 Å². The molecule has 18 heavy (non-hydrogen) atoms. The maximum atomic E-state index is 5.94.